The second-order valence-electron chi connectivity index (χ2n) is 12.7. The van der Waals surface area contributed by atoms with Crippen LogP contribution >= 0.6 is 0 Å². The minimum Gasteiger partial charge on any atom is -0.387 e. The monoisotopic (exact) mass is 639 g/mol. The molecule has 0 unspecified atom stereocenters. The van der Waals surface area contributed by atoms with Gasteiger partial charge in [-0.25, -0.2) is 9.97 Å². The smallest absolute Gasteiger partial charge is 0.160 e. The molecule has 3 nitrogen and oxygen atoms in total. The molecular formula is C47H33N3. The molecule has 9 rings (SSSR count). The van der Waals surface area contributed by atoms with Crippen LogP contribution in [0.2, 0.25) is 0 Å². The van der Waals surface area contributed by atoms with Gasteiger partial charge in [-0.15, -0.1) is 0 Å². The molecule has 0 saturated carbocycles. The number of nitrogens with one attached hydrogen (secondary N) is 1. The van der Waals surface area contributed by atoms with Gasteiger partial charge < -0.3 is 5.32 Å². The summed E-state index contributed by atoms with van der Waals surface area (Å²) in [4.78, 5) is 10.4. The number of aromatic nitrogens is 2. The molecule has 0 radical (unpaired) electrons. The minimum absolute atomic E-state index is 0.701. The van der Waals surface area contributed by atoms with E-state index in [9.17, 15) is 0 Å². The van der Waals surface area contributed by atoms with Gasteiger partial charge in [0.2, 0.25) is 0 Å². The van der Waals surface area contributed by atoms with Crippen LogP contribution in [0.5, 0.6) is 0 Å². The Morgan fingerprint density at radius 1 is 0.420 bits per heavy atom. The number of benzene rings is 7. The van der Waals surface area contributed by atoms with Gasteiger partial charge in [0.1, 0.15) is 0 Å². The van der Waals surface area contributed by atoms with E-state index in [-0.39, 0.29) is 0 Å². The maximum absolute atomic E-state index is 5.20. The zero-order chi connectivity index (χ0) is 33.3. The Morgan fingerprint density at radius 3 is 1.84 bits per heavy atom. The number of fused-ring (bicyclic) bond motifs is 2. The molecule has 0 saturated heterocycles. The van der Waals surface area contributed by atoms with Gasteiger partial charge in [0, 0.05) is 29.4 Å². The highest BCUT2D eigenvalue weighted by Crippen LogP contribution is 2.35. The highest BCUT2D eigenvalue weighted by atomic mass is 14.9. The van der Waals surface area contributed by atoms with Crippen LogP contribution < -0.4 is 5.32 Å². The van der Waals surface area contributed by atoms with Crippen molar-refractivity contribution < 1.29 is 0 Å². The van der Waals surface area contributed by atoms with Crippen molar-refractivity contribution >= 4 is 27.1 Å². The molecule has 1 aromatic heterocycles. The number of hydrogen-bond donors (Lipinski definition) is 1. The predicted octanol–water partition coefficient (Wildman–Crippen LogP) is 11.6. The van der Waals surface area contributed by atoms with Gasteiger partial charge >= 0.3 is 0 Å². The molecule has 1 aliphatic rings. The van der Waals surface area contributed by atoms with Crippen LogP contribution in [0.4, 0.5) is 0 Å². The lowest BCUT2D eigenvalue weighted by atomic mass is 9.92. The van der Waals surface area contributed by atoms with Crippen LogP contribution in [-0.2, 0) is 0 Å². The summed E-state index contributed by atoms with van der Waals surface area (Å²) in [5.74, 6) is 0.701. The maximum atomic E-state index is 5.20. The van der Waals surface area contributed by atoms with Gasteiger partial charge in [0.25, 0.3) is 0 Å². The van der Waals surface area contributed by atoms with Crippen molar-refractivity contribution in [2.45, 2.75) is 0 Å². The highest BCUT2D eigenvalue weighted by Gasteiger charge is 2.14. The van der Waals surface area contributed by atoms with Gasteiger partial charge in [-0.1, -0.05) is 146 Å². The van der Waals surface area contributed by atoms with Crippen molar-refractivity contribution in [2.24, 2.45) is 0 Å². The fourth-order valence-corrected chi connectivity index (χ4v) is 6.88. The van der Waals surface area contributed by atoms with Crippen LogP contribution in [-0.4, -0.2) is 16.5 Å². The highest BCUT2D eigenvalue weighted by molar-refractivity contribution is 5.99. The third-order valence-corrected chi connectivity index (χ3v) is 9.48. The first kappa shape index (κ1) is 29.6. The predicted molar refractivity (Wildman–Crippen MR) is 209 cm³/mol. The molecule has 8 aromatic rings. The molecule has 0 fully saturated rings. The number of dihydropyridines is 1. The van der Waals surface area contributed by atoms with E-state index in [1.165, 1.54) is 43.8 Å². The average molecular weight is 640 g/mol. The first-order valence-electron chi connectivity index (χ1n) is 17.0. The Balaban J connectivity index is 1.17. The van der Waals surface area contributed by atoms with Gasteiger partial charge in [-0.2, -0.15) is 0 Å². The molecule has 0 amide bonds. The van der Waals surface area contributed by atoms with Gasteiger partial charge in [-0.3, -0.25) is 0 Å². The summed E-state index contributed by atoms with van der Waals surface area (Å²) in [7, 11) is 0. The van der Waals surface area contributed by atoms with Crippen LogP contribution in [0.25, 0.3) is 83.3 Å². The molecule has 3 heteroatoms. The van der Waals surface area contributed by atoms with E-state index in [1.807, 2.05) is 6.07 Å². The lowest BCUT2D eigenvalue weighted by Gasteiger charge is -2.15. The summed E-state index contributed by atoms with van der Waals surface area (Å²) in [5.41, 5.74) is 11.9. The second-order valence-corrected chi connectivity index (χ2v) is 12.7. The molecule has 2 heterocycles. The fraction of sp³-hybridized carbons (Fsp3) is 0.0213. The largest absolute Gasteiger partial charge is 0.387 e. The summed E-state index contributed by atoms with van der Waals surface area (Å²) in [6.07, 6.45) is 6.50. The molecular weight excluding hydrogens is 607 g/mol. The second kappa shape index (κ2) is 12.8. The van der Waals surface area contributed by atoms with E-state index in [0.717, 1.165) is 45.7 Å². The van der Waals surface area contributed by atoms with E-state index >= 15 is 0 Å². The van der Waals surface area contributed by atoms with Crippen molar-refractivity contribution in [3.63, 3.8) is 0 Å². The van der Waals surface area contributed by atoms with Crippen LogP contribution in [0.3, 0.4) is 0 Å². The Labute approximate surface area is 292 Å². The third-order valence-electron chi connectivity index (χ3n) is 9.48. The molecule has 0 bridgehead atoms. The average Bonchev–Trinajstić information content (AvgIpc) is 3.21. The first-order valence-corrected chi connectivity index (χ1v) is 17.0. The van der Waals surface area contributed by atoms with Crippen molar-refractivity contribution in [2.75, 3.05) is 6.54 Å². The van der Waals surface area contributed by atoms with Crippen molar-refractivity contribution in [1.29, 1.82) is 0 Å². The first-order chi connectivity index (χ1) is 24.7. The molecule has 1 N–H and O–H groups in total. The van der Waals surface area contributed by atoms with E-state index in [1.54, 1.807) is 0 Å². The van der Waals surface area contributed by atoms with Gasteiger partial charge in [0.15, 0.2) is 5.82 Å². The lowest BCUT2D eigenvalue weighted by molar-refractivity contribution is 0.977. The van der Waals surface area contributed by atoms with Gasteiger partial charge in [-0.05, 0) is 85.3 Å². The normalized spacial score (nSPS) is 12.5. The van der Waals surface area contributed by atoms with Crippen molar-refractivity contribution in [1.82, 2.24) is 15.3 Å². The maximum Gasteiger partial charge on any atom is 0.160 e. The van der Waals surface area contributed by atoms with E-state index in [2.05, 4.69) is 181 Å². The number of nitrogens with zero attached hydrogens (tertiary/aromatic N) is 2. The van der Waals surface area contributed by atoms with Crippen molar-refractivity contribution in [3.8, 4) is 56.2 Å². The SMILES string of the molecule is C1=CC(c2cc(-c3cccc(-c4cc(-c5ccc6ccccc6c5)nc(-c5ccc(-c6ccccc6)cc5)n4)c3)cc3ccccc23)=CNC1. The molecule has 7 aromatic carbocycles. The summed E-state index contributed by atoms with van der Waals surface area (Å²) < 4.78 is 0. The number of allylic oxidation sites excluding steroid dienone is 2. The lowest BCUT2D eigenvalue weighted by Crippen LogP contribution is -2.08. The van der Waals surface area contributed by atoms with Crippen LogP contribution in [0.15, 0.2) is 182 Å². The molecule has 0 aliphatic carbocycles. The van der Waals surface area contributed by atoms with E-state index in [0.29, 0.717) is 5.82 Å². The zero-order valence-electron chi connectivity index (χ0n) is 27.4. The number of rotatable bonds is 6. The van der Waals surface area contributed by atoms with Gasteiger partial charge in [0.05, 0.1) is 11.4 Å². The summed E-state index contributed by atoms with van der Waals surface area (Å²) in [5, 5.41) is 8.23. The van der Waals surface area contributed by atoms with E-state index in [4.69, 9.17) is 9.97 Å². The Morgan fingerprint density at radius 2 is 1.04 bits per heavy atom. The third kappa shape index (κ3) is 5.76. The Hall–Kier alpha value is -6.58. The molecule has 0 atom stereocenters. The van der Waals surface area contributed by atoms with Crippen LogP contribution in [0, 0.1) is 0 Å². The molecule has 50 heavy (non-hydrogen) atoms. The fourth-order valence-electron chi connectivity index (χ4n) is 6.88. The van der Waals surface area contributed by atoms with Crippen molar-refractivity contribution in [3.05, 3.63) is 188 Å². The Kier molecular flexibility index (Phi) is 7.56. The van der Waals surface area contributed by atoms with Crippen LogP contribution in [0.1, 0.15) is 5.56 Å². The van der Waals surface area contributed by atoms with E-state index < -0.39 is 0 Å². The molecule has 1 aliphatic heterocycles. The molecule has 236 valence electrons. The number of hydrogen-bond acceptors (Lipinski definition) is 3. The summed E-state index contributed by atoms with van der Waals surface area (Å²) >= 11 is 0. The quantitative estimate of drug-likeness (QED) is 0.197. The Bertz CT molecular complexity index is 2580. The molecule has 0 spiro atoms. The zero-order valence-corrected chi connectivity index (χ0v) is 27.4. The minimum atomic E-state index is 0.701. The topological polar surface area (TPSA) is 37.8 Å². The summed E-state index contributed by atoms with van der Waals surface area (Å²) in [6, 6.07) is 58.1. The summed E-state index contributed by atoms with van der Waals surface area (Å²) in [6.45, 7) is 0.850. The standard InChI is InChI=1S/C47H33N3/c1-2-10-32(11-3-1)34-19-22-35(23-20-34)47-49-45(30-46(50-47)40-24-21-33-12-4-5-13-36(33)26-40)39-16-8-15-37(27-39)42-28-38-14-6-7-18-43(38)44(29-42)41-17-9-25-48-31-41/h1-24,26-31,48H,25H2.